The van der Waals surface area contributed by atoms with E-state index >= 15 is 0 Å². The van der Waals surface area contributed by atoms with Gasteiger partial charge in [-0.25, -0.2) is 0 Å². The fourth-order valence-corrected chi connectivity index (χ4v) is 1.57. The highest BCUT2D eigenvalue weighted by molar-refractivity contribution is 4.73. The summed E-state index contributed by atoms with van der Waals surface area (Å²) in [4.78, 5) is 2.33. The minimum Gasteiger partial charge on any atom is -0.396 e. The fraction of sp³-hybridized carbons (Fsp3) is 1.00. The SMILES string of the molecule is CN1CCNCCC1CCO. The van der Waals surface area contributed by atoms with Gasteiger partial charge in [0.15, 0.2) is 0 Å². The van der Waals surface area contributed by atoms with E-state index in [9.17, 15) is 0 Å². The van der Waals surface area contributed by atoms with Crippen molar-refractivity contribution in [3.63, 3.8) is 0 Å². The first kappa shape index (κ1) is 8.97. The molecular formula is C8H18N2O. The summed E-state index contributed by atoms with van der Waals surface area (Å²) in [7, 11) is 2.13. The van der Waals surface area contributed by atoms with Crippen LogP contribution in [-0.2, 0) is 0 Å². The van der Waals surface area contributed by atoms with Crippen LogP contribution in [-0.4, -0.2) is 49.3 Å². The summed E-state index contributed by atoms with van der Waals surface area (Å²) in [5.74, 6) is 0. The molecule has 0 aromatic carbocycles. The Labute approximate surface area is 68.4 Å². The molecule has 0 spiro atoms. The van der Waals surface area contributed by atoms with Crippen LogP contribution in [0.15, 0.2) is 0 Å². The molecule has 1 atom stereocenters. The second kappa shape index (κ2) is 4.70. The minimum atomic E-state index is 0.314. The van der Waals surface area contributed by atoms with E-state index in [0.29, 0.717) is 12.6 Å². The number of nitrogens with zero attached hydrogens (tertiary/aromatic N) is 1. The van der Waals surface area contributed by atoms with Crippen LogP contribution < -0.4 is 5.32 Å². The lowest BCUT2D eigenvalue weighted by molar-refractivity contribution is 0.191. The predicted molar refractivity (Wildman–Crippen MR) is 45.6 cm³/mol. The van der Waals surface area contributed by atoms with Crippen molar-refractivity contribution in [1.29, 1.82) is 0 Å². The highest BCUT2D eigenvalue weighted by Crippen LogP contribution is 2.07. The van der Waals surface area contributed by atoms with Gasteiger partial charge in [-0.3, -0.25) is 0 Å². The van der Waals surface area contributed by atoms with Crippen molar-refractivity contribution >= 4 is 0 Å². The van der Waals surface area contributed by atoms with E-state index in [1.807, 2.05) is 0 Å². The van der Waals surface area contributed by atoms with Gasteiger partial charge in [-0.15, -0.1) is 0 Å². The van der Waals surface area contributed by atoms with Crippen LogP contribution in [0.1, 0.15) is 12.8 Å². The lowest BCUT2D eigenvalue weighted by atomic mass is 10.1. The van der Waals surface area contributed by atoms with Crippen LogP contribution >= 0.6 is 0 Å². The molecule has 0 radical (unpaired) electrons. The highest BCUT2D eigenvalue weighted by atomic mass is 16.3. The van der Waals surface area contributed by atoms with Crippen LogP contribution in [0, 0.1) is 0 Å². The number of likely N-dealkylation sites (N-methyl/N-ethyl adjacent to an activating group) is 1. The van der Waals surface area contributed by atoms with Gasteiger partial charge in [0, 0.05) is 25.7 Å². The van der Waals surface area contributed by atoms with Gasteiger partial charge in [-0.05, 0) is 26.4 Å². The first-order valence-corrected chi connectivity index (χ1v) is 4.36. The average molecular weight is 158 g/mol. The minimum absolute atomic E-state index is 0.314. The Bertz CT molecular complexity index is 108. The Morgan fingerprint density at radius 2 is 2.36 bits per heavy atom. The van der Waals surface area contributed by atoms with Crippen molar-refractivity contribution in [3.8, 4) is 0 Å². The van der Waals surface area contributed by atoms with Crippen LogP contribution in [0.25, 0.3) is 0 Å². The van der Waals surface area contributed by atoms with Gasteiger partial charge in [-0.2, -0.15) is 0 Å². The molecule has 1 unspecified atom stereocenters. The number of hydrogen-bond acceptors (Lipinski definition) is 3. The summed E-state index contributed by atoms with van der Waals surface area (Å²) in [5, 5.41) is 12.1. The van der Waals surface area contributed by atoms with Crippen molar-refractivity contribution in [1.82, 2.24) is 10.2 Å². The zero-order valence-corrected chi connectivity index (χ0v) is 7.21. The second-order valence-electron chi connectivity index (χ2n) is 3.19. The molecule has 1 saturated heterocycles. The Morgan fingerprint density at radius 3 is 3.09 bits per heavy atom. The quantitative estimate of drug-likeness (QED) is 0.577. The van der Waals surface area contributed by atoms with Gasteiger partial charge < -0.3 is 15.3 Å². The van der Waals surface area contributed by atoms with Crippen molar-refractivity contribution < 1.29 is 5.11 Å². The van der Waals surface area contributed by atoms with Crippen LogP contribution in [0.5, 0.6) is 0 Å². The molecule has 3 nitrogen and oxygen atoms in total. The molecule has 1 aliphatic heterocycles. The number of aliphatic hydroxyl groups is 1. The fourth-order valence-electron chi connectivity index (χ4n) is 1.57. The molecule has 1 rings (SSSR count). The maximum atomic E-state index is 8.78. The standard InChI is InChI=1S/C8H18N2O/c1-10-6-5-9-4-2-8(10)3-7-11/h8-9,11H,2-7H2,1H3. The van der Waals surface area contributed by atoms with E-state index in [4.69, 9.17) is 5.11 Å². The molecule has 0 aromatic rings. The van der Waals surface area contributed by atoms with Crippen molar-refractivity contribution in [3.05, 3.63) is 0 Å². The zero-order valence-electron chi connectivity index (χ0n) is 7.21. The smallest absolute Gasteiger partial charge is 0.0445 e. The molecule has 0 saturated carbocycles. The average Bonchev–Trinajstić information content (AvgIpc) is 2.18. The van der Waals surface area contributed by atoms with E-state index < -0.39 is 0 Å². The normalized spacial score (nSPS) is 28.4. The molecule has 0 bridgehead atoms. The molecule has 66 valence electrons. The molecule has 1 heterocycles. The van der Waals surface area contributed by atoms with Crippen molar-refractivity contribution in [2.75, 3.05) is 33.3 Å². The lowest BCUT2D eigenvalue weighted by Crippen LogP contribution is -2.33. The zero-order chi connectivity index (χ0) is 8.10. The molecule has 1 aliphatic rings. The topological polar surface area (TPSA) is 35.5 Å². The monoisotopic (exact) mass is 158 g/mol. The van der Waals surface area contributed by atoms with Crippen LogP contribution in [0.4, 0.5) is 0 Å². The van der Waals surface area contributed by atoms with Crippen LogP contribution in [0.2, 0.25) is 0 Å². The van der Waals surface area contributed by atoms with Gasteiger partial charge in [0.25, 0.3) is 0 Å². The van der Waals surface area contributed by atoms with E-state index in [0.717, 1.165) is 32.5 Å². The number of nitrogens with one attached hydrogen (secondary N) is 1. The summed E-state index contributed by atoms with van der Waals surface area (Å²) >= 11 is 0. The molecular weight excluding hydrogens is 140 g/mol. The third kappa shape index (κ3) is 2.77. The van der Waals surface area contributed by atoms with E-state index in [1.54, 1.807) is 0 Å². The largest absolute Gasteiger partial charge is 0.396 e. The third-order valence-corrected chi connectivity index (χ3v) is 2.38. The maximum Gasteiger partial charge on any atom is 0.0445 e. The maximum absolute atomic E-state index is 8.78. The lowest BCUT2D eigenvalue weighted by Gasteiger charge is -2.24. The third-order valence-electron chi connectivity index (χ3n) is 2.38. The summed E-state index contributed by atoms with van der Waals surface area (Å²) in [5.41, 5.74) is 0. The van der Waals surface area contributed by atoms with Crippen LogP contribution in [0.3, 0.4) is 0 Å². The second-order valence-corrected chi connectivity index (χ2v) is 3.19. The van der Waals surface area contributed by atoms with Gasteiger partial charge in [0.1, 0.15) is 0 Å². The Balaban J connectivity index is 2.32. The summed E-state index contributed by atoms with van der Waals surface area (Å²) in [6, 6.07) is 0.579. The highest BCUT2D eigenvalue weighted by Gasteiger charge is 2.15. The summed E-state index contributed by atoms with van der Waals surface area (Å²) in [6.07, 6.45) is 2.08. The molecule has 11 heavy (non-hydrogen) atoms. The molecule has 0 aromatic heterocycles. The number of aliphatic hydroxyl groups excluding tert-OH is 1. The summed E-state index contributed by atoms with van der Waals surface area (Å²) < 4.78 is 0. The van der Waals surface area contributed by atoms with Crippen molar-refractivity contribution in [2.45, 2.75) is 18.9 Å². The molecule has 2 N–H and O–H groups in total. The van der Waals surface area contributed by atoms with E-state index in [1.165, 1.54) is 0 Å². The van der Waals surface area contributed by atoms with Gasteiger partial charge in [0.2, 0.25) is 0 Å². The first-order valence-electron chi connectivity index (χ1n) is 4.36. The molecule has 3 heteroatoms. The molecule has 1 fully saturated rings. The first-order chi connectivity index (χ1) is 5.34. The van der Waals surface area contributed by atoms with Gasteiger partial charge >= 0.3 is 0 Å². The van der Waals surface area contributed by atoms with E-state index in [-0.39, 0.29) is 0 Å². The van der Waals surface area contributed by atoms with E-state index in [2.05, 4.69) is 17.3 Å². The summed E-state index contributed by atoms with van der Waals surface area (Å²) in [6.45, 7) is 3.59. The van der Waals surface area contributed by atoms with Crippen molar-refractivity contribution in [2.24, 2.45) is 0 Å². The number of rotatable bonds is 2. The Kier molecular flexibility index (Phi) is 3.83. The molecule has 0 aliphatic carbocycles. The predicted octanol–water partition coefficient (Wildman–Crippen LogP) is -0.337. The van der Waals surface area contributed by atoms with Gasteiger partial charge in [-0.1, -0.05) is 0 Å². The Morgan fingerprint density at radius 1 is 1.55 bits per heavy atom. The molecule has 0 amide bonds. The van der Waals surface area contributed by atoms with Gasteiger partial charge in [0.05, 0.1) is 0 Å². The Hall–Kier alpha value is -0.120. The number of hydrogen-bond donors (Lipinski definition) is 2.